The standard InChI is InChI=1S/C28H37N9O2S/c1-19(2)39-23-5-3-11-29-22(23)18-37-14-7-20(16-28(37)9-10-28)15-25(38)32-27-35-34-26(40-27)31-21-8-13-36(17-21)24-6-4-12-30-33-24/h3-6,11-12,19-21H,7-10,13-18H2,1-2H3,(H,31,34)(H,32,35,38)/t20?,21-/m1/s1. The predicted molar refractivity (Wildman–Crippen MR) is 155 cm³/mol. The molecule has 40 heavy (non-hydrogen) atoms. The van der Waals surface area contributed by atoms with Gasteiger partial charge < -0.3 is 20.3 Å². The van der Waals surface area contributed by atoms with Crippen molar-refractivity contribution in [2.75, 3.05) is 35.2 Å². The van der Waals surface area contributed by atoms with Gasteiger partial charge in [0.2, 0.25) is 16.2 Å². The number of hydrogen-bond donors (Lipinski definition) is 2. The van der Waals surface area contributed by atoms with E-state index in [1.54, 1.807) is 6.20 Å². The Morgan fingerprint density at radius 3 is 2.77 bits per heavy atom. The molecule has 3 aromatic rings. The summed E-state index contributed by atoms with van der Waals surface area (Å²) >= 11 is 1.39. The minimum Gasteiger partial charge on any atom is -0.489 e. The zero-order chi connectivity index (χ0) is 27.5. The van der Waals surface area contributed by atoms with Gasteiger partial charge in [-0.25, -0.2) is 0 Å². The largest absolute Gasteiger partial charge is 0.489 e. The van der Waals surface area contributed by atoms with Gasteiger partial charge in [0.05, 0.1) is 11.8 Å². The van der Waals surface area contributed by atoms with Gasteiger partial charge in [0, 0.05) is 50.0 Å². The maximum Gasteiger partial charge on any atom is 0.226 e. The quantitative estimate of drug-likeness (QED) is 0.375. The van der Waals surface area contributed by atoms with Gasteiger partial charge in [-0.1, -0.05) is 11.3 Å². The zero-order valence-electron chi connectivity index (χ0n) is 23.1. The number of nitrogens with zero attached hydrogens (tertiary/aromatic N) is 7. The molecule has 1 unspecified atom stereocenters. The van der Waals surface area contributed by atoms with Crippen molar-refractivity contribution in [3.8, 4) is 5.75 Å². The summed E-state index contributed by atoms with van der Waals surface area (Å²) in [5.74, 6) is 2.14. The number of ether oxygens (including phenoxy) is 1. The molecule has 0 radical (unpaired) electrons. The molecule has 0 aromatic carbocycles. The average Bonchev–Trinajstić information content (AvgIpc) is 3.32. The van der Waals surface area contributed by atoms with E-state index < -0.39 is 0 Å². The van der Waals surface area contributed by atoms with E-state index in [4.69, 9.17) is 4.74 Å². The maximum absolute atomic E-state index is 12.9. The molecule has 0 bridgehead atoms. The third-order valence-electron chi connectivity index (χ3n) is 8.07. The Morgan fingerprint density at radius 2 is 1.98 bits per heavy atom. The van der Waals surface area contributed by atoms with Crippen LogP contribution in [0.5, 0.6) is 5.75 Å². The first-order chi connectivity index (χ1) is 19.5. The van der Waals surface area contributed by atoms with Gasteiger partial charge in [0.1, 0.15) is 5.75 Å². The minimum atomic E-state index is 0.0176. The summed E-state index contributed by atoms with van der Waals surface area (Å²) in [6, 6.07) is 8.06. The van der Waals surface area contributed by atoms with Gasteiger partial charge in [0.15, 0.2) is 5.82 Å². The summed E-state index contributed by atoms with van der Waals surface area (Å²) in [5, 5.41) is 24.4. The molecule has 1 saturated carbocycles. The van der Waals surface area contributed by atoms with Crippen molar-refractivity contribution in [2.45, 2.75) is 76.6 Å². The van der Waals surface area contributed by atoms with Crippen molar-refractivity contribution in [1.82, 2.24) is 30.3 Å². The topological polar surface area (TPSA) is 121 Å². The van der Waals surface area contributed by atoms with E-state index in [9.17, 15) is 4.79 Å². The highest BCUT2D eigenvalue weighted by Gasteiger charge is 2.51. The van der Waals surface area contributed by atoms with Crippen LogP contribution in [0.25, 0.3) is 0 Å². The molecular formula is C28H37N9O2S. The van der Waals surface area contributed by atoms with Gasteiger partial charge in [-0.2, -0.15) is 5.10 Å². The number of piperidine rings is 1. The van der Waals surface area contributed by atoms with Crippen LogP contribution in [0.1, 0.15) is 58.1 Å². The highest BCUT2D eigenvalue weighted by atomic mass is 32.1. The summed E-state index contributed by atoms with van der Waals surface area (Å²) in [6.45, 7) is 7.58. The molecule has 2 atom stereocenters. The Morgan fingerprint density at radius 1 is 1.12 bits per heavy atom. The van der Waals surface area contributed by atoms with Gasteiger partial charge in [0.25, 0.3) is 0 Å². The van der Waals surface area contributed by atoms with Crippen molar-refractivity contribution in [1.29, 1.82) is 0 Å². The van der Waals surface area contributed by atoms with Gasteiger partial charge in [-0.05, 0) is 82.7 Å². The highest BCUT2D eigenvalue weighted by molar-refractivity contribution is 7.19. The molecule has 1 aliphatic carbocycles. The van der Waals surface area contributed by atoms with Crippen LogP contribution in [0.3, 0.4) is 0 Å². The number of hydrogen-bond acceptors (Lipinski definition) is 11. The van der Waals surface area contributed by atoms with E-state index in [1.807, 2.05) is 44.3 Å². The number of aromatic nitrogens is 5. The summed E-state index contributed by atoms with van der Waals surface area (Å²) in [6.07, 6.45) is 9.53. The number of carbonyl (C=O) groups is 1. The second-order valence-corrected chi connectivity index (χ2v) is 12.4. The van der Waals surface area contributed by atoms with Gasteiger partial charge in [-0.15, -0.1) is 15.3 Å². The van der Waals surface area contributed by atoms with Crippen LogP contribution in [-0.2, 0) is 11.3 Å². The van der Waals surface area contributed by atoms with E-state index in [-0.39, 0.29) is 23.6 Å². The molecule has 12 heteroatoms. The lowest BCUT2D eigenvalue weighted by molar-refractivity contribution is -0.117. The van der Waals surface area contributed by atoms with E-state index in [2.05, 4.69) is 45.8 Å². The molecule has 1 amide bonds. The first-order valence-corrected chi connectivity index (χ1v) is 15.1. The second kappa shape index (κ2) is 11.6. The lowest BCUT2D eigenvalue weighted by Crippen LogP contribution is -2.44. The van der Waals surface area contributed by atoms with Crippen LogP contribution >= 0.6 is 11.3 Å². The highest BCUT2D eigenvalue weighted by Crippen LogP contribution is 2.51. The molecule has 6 rings (SSSR count). The summed E-state index contributed by atoms with van der Waals surface area (Å²) in [7, 11) is 0. The molecule has 3 aromatic heterocycles. The van der Waals surface area contributed by atoms with Crippen molar-refractivity contribution < 1.29 is 9.53 Å². The number of carbonyl (C=O) groups excluding carboxylic acids is 1. The lowest BCUT2D eigenvalue weighted by atomic mass is 9.86. The van der Waals surface area contributed by atoms with Crippen LogP contribution in [0.15, 0.2) is 36.7 Å². The van der Waals surface area contributed by atoms with E-state index in [0.717, 1.165) is 67.8 Å². The zero-order valence-corrected chi connectivity index (χ0v) is 23.9. The Balaban J connectivity index is 0.976. The fourth-order valence-electron chi connectivity index (χ4n) is 6.00. The fourth-order valence-corrected chi connectivity index (χ4v) is 6.74. The minimum absolute atomic E-state index is 0.0176. The fraction of sp³-hybridized carbons (Fsp3) is 0.571. The third-order valence-corrected chi connectivity index (χ3v) is 8.84. The Hall–Kier alpha value is -3.38. The Kier molecular flexibility index (Phi) is 7.79. The van der Waals surface area contributed by atoms with Crippen molar-refractivity contribution in [3.05, 3.63) is 42.4 Å². The average molecular weight is 564 g/mol. The molecule has 2 aliphatic heterocycles. The summed E-state index contributed by atoms with van der Waals surface area (Å²) < 4.78 is 6.00. The number of pyridine rings is 1. The number of nitrogens with one attached hydrogen (secondary N) is 2. The first kappa shape index (κ1) is 26.8. The number of likely N-dealkylation sites (tertiary alicyclic amines) is 1. The molecule has 11 nitrogen and oxygen atoms in total. The molecular weight excluding hydrogens is 526 g/mol. The first-order valence-electron chi connectivity index (χ1n) is 14.2. The van der Waals surface area contributed by atoms with Crippen LogP contribution in [0, 0.1) is 5.92 Å². The maximum atomic E-state index is 12.9. The molecule has 1 spiro atoms. The summed E-state index contributed by atoms with van der Waals surface area (Å²) in [4.78, 5) is 22.3. The molecule has 2 saturated heterocycles. The SMILES string of the molecule is CC(C)Oc1cccnc1CN1CCC(CC(=O)Nc2nnc(N[C@@H]3CCN(c4cccnn4)C3)s2)CC12CC2. The van der Waals surface area contributed by atoms with Crippen LogP contribution < -0.4 is 20.3 Å². The van der Waals surface area contributed by atoms with Crippen LogP contribution in [-0.4, -0.2) is 73.5 Å². The Labute approximate surface area is 238 Å². The molecule has 2 N–H and O–H groups in total. The van der Waals surface area contributed by atoms with E-state index in [1.165, 1.54) is 24.2 Å². The van der Waals surface area contributed by atoms with Crippen LogP contribution in [0.4, 0.5) is 16.1 Å². The van der Waals surface area contributed by atoms with Crippen molar-refractivity contribution >= 4 is 33.3 Å². The normalized spacial score (nSPS) is 22.0. The van der Waals surface area contributed by atoms with Crippen LogP contribution in [0.2, 0.25) is 0 Å². The summed E-state index contributed by atoms with van der Waals surface area (Å²) in [5.41, 5.74) is 1.19. The molecule has 3 fully saturated rings. The van der Waals surface area contributed by atoms with E-state index in [0.29, 0.717) is 17.5 Å². The smallest absolute Gasteiger partial charge is 0.226 e. The van der Waals surface area contributed by atoms with E-state index >= 15 is 0 Å². The van der Waals surface area contributed by atoms with Crippen molar-refractivity contribution in [3.63, 3.8) is 0 Å². The van der Waals surface area contributed by atoms with Gasteiger partial charge >= 0.3 is 0 Å². The number of rotatable bonds is 10. The number of amides is 1. The monoisotopic (exact) mass is 563 g/mol. The lowest BCUT2D eigenvalue weighted by Gasteiger charge is -2.40. The molecule has 3 aliphatic rings. The second-order valence-electron chi connectivity index (χ2n) is 11.4. The van der Waals surface area contributed by atoms with Crippen molar-refractivity contribution in [2.24, 2.45) is 5.92 Å². The third kappa shape index (κ3) is 6.33. The Bertz CT molecular complexity index is 1300. The predicted octanol–water partition coefficient (Wildman–Crippen LogP) is 3.97. The molecule has 5 heterocycles. The van der Waals surface area contributed by atoms with Gasteiger partial charge in [-0.3, -0.25) is 14.7 Å². The number of anilines is 3. The molecule has 212 valence electrons.